The van der Waals surface area contributed by atoms with Gasteiger partial charge in [-0.15, -0.1) is 0 Å². The molecule has 3 amide bonds. The maximum absolute atomic E-state index is 13.0. The summed E-state index contributed by atoms with van der Waals surface area (Å²) in [6.07, 6.45) is 8.80. The van der Waals surface area contributed by atoms with Crippen LogP contribution in [-0.4, -0.2) is 53.0 Å². The first-order valence-electron chi connectivity index (χ1n) is 13.0. The number of nitrogens with one attached hydrogen (secondary N) is 2. The Morgan fingerprint density at radius 1 is 1.12 bits per heavy atom. The van der Waals surface area contributed by atoms with Gasteiger partial charge in [0.15, 0.2) is 0 Å². The van der Waals surface area contributed by atoms with Crippen molar-refractivity contribution in [3.63, 3.8) is 0 Å². The van der Waals surface area contributed by atoms with Crippen molar-refractivity contribution < 1.29 is 19.1 Å². The molecular formula is C27H37N3O4. The molecule has 2 saturated heterocycles. The lowest BCUT2D eigenvalue weighted by Crippen LogP contribution is -2.52. The molecule has 4 atom stereocenters. The zero-order valence-electron chi connectivity index (χ0n) is 20.4. The lowest BCUT2D eigenvalue weighted by Gasteiger charge is -2.41. The molecule has 5 rings (SSSR count). The summed E-state index contributed by atoms with van der Waals surface area (Å²) in [5, 5.41) is 6.36. The van der Waals surface area contributed by atoms with Crippen molar-refractivity contribution in [1.29, 1.82) is 0 Å². The number of rotatable bonds is 5. The largest absolute Gasteiger partial charge is 0.375 e. The average molecular weight is 468 g/mol. The molecule has 7 heteroatoms. The molecule has 1 aliphatic carbocycles. The molecule has 3 fully saturated rings. The van der Waals surface area contributed by atoms with Gasteiger partial charge in [0.25, 0.3) is 5.91 Å². The van der Waals surface area contributed by atoms with Gasteiger partial charge in [0, 0.05) is 37.2 Å². The summed E-state index contributed by atoms with van der Waals surface area (Å²) in [5.74, 6) is -0.130. The van der Waals surface area contributed by atoms with Crippen LogP contribution in [0.2, 0.25) is 0 Å². The van der Waals surface area contributed by atoms with Gasteiger partial charge >= 0.3 is 0 Å². The SMILES string of the molecule is CC1(C)CC(NC2CCCC[C@@H]2Cc2ccc3c(c2)CN(C2CCC(=O)NC2=O)C3=O)CCO1. The van der Waals surface area contributed by atoms with Gasteiger partial charge in [0.05, 0.1) is 5.60 Å². The second kappa shape index (κ2) is 9.42. The fourth-order valence-corrected chi connectivity index (χ4v) is 6.41. The summed E-state index contributed by atoms with van der Waals surface area (Å²) in [6, 6.07) is 6.66. The van der Waals surface area contributed by atoms with Crippen LogP contribution >= 0.6 is 0 Å². The van der Waals surface area contributed by atoms with Crippen LogP contribution in [0.3, 0.4) is 0 Å². The smallest absolute Gasteiger partial charge is 0.255 e. The van der Waals surface area contributed by atoms with E-state index in [2.05, 4.69) is 36.6 Å². The zero-order chi connectivity index (χ0) is 23.9. The van der Waals surface area contributed by atoms with Gasteiger partial charge in [-0.2, -0.15) is 0 Å². The van der Waals surface area contributed by atoms with E-state index < -0.39 is 6.04 Å². The summed E-state index contributed by atoms with van der Waals surface area (Å²) < 4.78 is 5.91. The number of benzene rings is 1. The molecule has 2 N–H and O–H groups in total. The fraction of sp³-hybridized carbons (Fsp3) is 0.667. The Hall–Kier alpha value is -2.25. The zero-order valence-corrected chi connectivity index (χ0v) is 20.4. The third-order valence-electron chi connectivity index (χ3n) is 8.14. The standard InChI is InChI=1S/C27H37N3O4/c1-27(2)15-20(11-12-34-27)28-22-6-4-3-5-18(22)13-17-7-8-21-19(14-17)16-30(26(21)33)23-9-10-24(31)29-25(23)32/h7-8,14,18,20,22-23,28H,3-6,9-13,15-16H2,1-2H3,(H,29,31,32)/t18-,20?,22?,23?/m1/s1. The number of nitrogens with zero attached hydrogens (tertiary/aromatic N) is 1. The second-order valence-corrected chi connectivity index (χ2v) is 11.2. The van der Waals surface area contributed by atoms with Gasteiger partial charge in [-0.25, -0.2) is 0 Å². The first-order valence-corrected chi connectivity index (χ1v) is 13.0. The number of piperidine rings is 1. The van der Waals surface area contributed by atoms with E-state index in [1.807, 2.05) is 6.07 Å². The summed E-state index contributed by atoms with van der Waals surface area (Å²) in [4.78, 5) is 38.4. The predicted octanol–water partition coefficient (Wildman–Crippen LogP) is 3.10. The first-order chi connectivity index (χ1) is 16.3. The molecule has 3 aliphatic heterocycles. The number of hydrogen-bond donors (Lipinski definition) is 2. The lowest BCUT2D eigenvalue weighted by atomic mass is 9.79. The fourth-order valence-electron chi connectivity index (χ4n) is 6.41. The highest BCUT2D eigenvalue weighted by atomic mass is 16.5. The van der Waals surface area contributed by atoms with E-state index in [0.29, 0.717) is 36.5 Å². The lowest BCUT2D eigenvalue weighted by molar-refractivity contribution is -0.136. The summed E-state index contributed by atoms with van der Waals surface area (Å²) >= 11 is 0. The molecule has 3 unspecified atom stereocenters. The number of ether oxygens (including phenoxy) is 1. The molecule has 184 valence electrons. The van der Waals surface area contributed by atoms with Gasteiger partial charge in [-0.3, -0.25) is 19.7 Å². The number of amides is 3. The molecule has 0 radical (unpaired) electrons. The Labute approximate surface area is 202 Å². The first kappa shape index (κ1) is 23.5. The van der Waals surface area contributed by atoms with Gasteiger partial charge in [0.1, 0.15) is 6.04 Å². The Kier molecular flexibility index (Phi) is 6.51. The minimum Gasteiger partial charge on any atom is -0.375 e. The van der Waals surface area contributed by atoms with Crippen LogP contribution < -0.4 is 10.6 Å². The summed E-state index contributed by atoms with van der Waals surface area (Å²) in [5.41, 5.74) is 2.90. The highest BCUT2D eigenvalue weighted by Crippen LogP contribution is 2.33. The number of imide groups is 1. The third-order valence-corrected chi connectivity index (χ3v) is 8.14. The van der Waals surface area contributed by atoms with Crippen LogP contribution in [0.5, 0.6) is 0 Å². The topological polar surface area (TPSA) is 87.7 Å². The van der Waals surface area contributed by atoms with Gasteiger partial charge in [0.2, 0.25) is 11.8 Å². The molecule has 0 aromatic heterocycles. The third kappa shape index (κ3) is 4.91. The van der Waals surface area contributed by atoms with Crippen LogP contribution in [0.15, 0.2) is 18.2 Å². The van der Waals surface area contributed by atoms with Crippen LogP contribution in [-0.2, 0) is 27.3 Å². The van der Waals surface area contributed by atoms with Crippen molar-refractivity contribution in [2.75, 3.05) is 6.61 Å². The number of fused-ring (bicyclic) bond motifs is 1. The normalized spacial score (nSPS) is 31.4. The van der Waals surface area contributed by atoms with Crippen molar-refractivity contribution in [1.82, 2.24) is 15.5 Å². The van der Waals surface area contributed by atoms with E-state index >= 15 is 0 Å². The van der Waals surface area contributed by atoms with E-state index in [1.165, 1.54) is 31.2 Å². The van der Waals surface area contributed by atoms with Crippen LogP contribution in [0.4, 0.5) is 0 Å². The summed E-state index contributed by atoms with van der Waals surface area (Å²) in [7, 11) is 0. The molecule has 7 nitrogen and oxygen atoms in total. The van der Waals surface area contributed by atoms with Crippen molar-refractivity contribution in [3.05, 3.63) is 34.9 Å². The molecule has 1 saturated carbocycles. The van der Waals surface area contributed by atoms with Crippen molar-refractivity contribution in [2.45, 2.75) is 102 Å². The van der Waals surface area contributed by atoms with Crippen LogP contribution in [0.1, 0.15) is 86.7 Å². The molecule has 1 aromatic carbocycles. The highest BCUT2D eigenvalue weighted by molar-refractivity contribution is 6.05. The Bertz CT molecular complexity index is 975. The Morgan fingerprint density at radius 2 is 1.94 bits per heavy atom. The molecule has 0 spiro atoms. The Morgan fingerprint density at radius 3 is 2.74 bits per heavy atom. The minimum absolute atomic E-state index is 0.0546. The van der Waals surface area contributed by atoms with E-state index in [-0.39, 0.29) is 29.7 Å². The van der Waals surface area contributed by atoms with E-state index in [1.54, 1.807) is 4.90 Å². The monoisotopic (exact) mass is 467 g/mol. The van der Waals surface area contributed by atoms with Crippen molar-refractivity contribution in [3.8, 4) is 0 Å². The van der Waals surface area contributed by atoms with Crippen molar-refractivity contribution in [2.24, 2.45) is 5.92 Å². The minimum atomic E-state index is -0.559. The van der Waals surface area contributed by atoms with E-state index in [4.69, 9.17) is 4.74 Å². The van der Waals surface area contributed by atoms with E-state index in [0.717, 1.165) is 31.4 Å². The molecular weight excluding hydrogens is 430 g/mol. The average Bonchev–Trinajstić information content (AvgIpc) is 3.10. The predicted molar refractivity (Wildman–Crippen MR) is 128 cm³/mol. The van der Waals surface area contributed by atoms with Crippen LogP contribution in [0, 0.1) is 5.92 Å². The highest BCUT2D eigenvalue weighted by Gasteiger charge is 2.39. The maximum Gasteiger partial charge on any atom is 0.255 e. The van der Waals surface area contributed by atoms with Gasteiger partial charge < -0.3 is 15.0 Å². The van der Waals surface area contributed by atoms with Crippen LogP contribution in [0.25, 0.3) is 0 Å². The second-order valence-electron chi connectivity index (χ2n) is 11.2. The van der Waals surface area contributed by atoms with E-state index in [9.17, 15) is 14.4 Å². The summed E-state index contributed by atoms with van der Waals surface area (Å²) in [6.45, 7) is 5.63. The van der Waals surface area contributed by atoms with Crippen molar-refractivity contribution >= 4 is 17.7 Å². The Balaban J connectivity index is 1.25. The number of carbonyl (C=O) groups is 3. The quantitative estimate of drug-likeness (QED) is 0.650. The number of hydrogen-bond acceptors (Lipinski definition) is 5. The molecule has 3 heterocycles. The molecule has 0 bridgehead atoms. The molecule has 34 heavy (non-hydrogen) atoms. The maximum atomic E-state index is 13.0. The molecule has 1 aromatic rings. The van der Waals surface area contributed by atoms with Gasteiger partial charge in [-0.05, 0) is 75.5 Å². The molecule has 4 aliphatic rings. The number of carbonyl (C=O) groups excluding carboxylic acids is 3. The van der Waals surface area contributed by atoms with Gasteiger partial charge in [-0.1, -0.05) is 25.0 Å².